The van der Waals surface area contributed by atoms with Crippen LogP contribution in [0.25, 0.3) is 0 Å². The van der Waals surface area contributed by atoms with E-state index in [1.807, 2.05) is 34.6 Å². The Morgan fingerprint density at radius 1 is 1.03 bits per heavy atom. The number of hydrogen-bond donors (Lipinski definition) is 0. The number of Topliss-reactive ketones (excluding diaryl/α,β-unsaturated/α-hetero) is 1. The number of ketones is 1. The van der Waals surface area contributed by atoms with E-state index in [1.165, 1.54) is 19.2 Å². The second-order valence-corrected chi connectivity index (χ2v) is 9.64. The molecule has 0 unspecified atom stereocenters. The van der Waals surface area contributed by atoms with Crippen molar-refractivity contribution in [3.8, 4) is 0 Å². The van der Waals surface area contributed by atoms with Gasteiger partial charge in [0.15, 0.2) is 5.78 Å². The van der Waals surface area contributed by atoms with E-state index in [0.29, 0.717) is 16.7 Å². The third kappa shape index (κ3) is 5.96. The van der Waals surface area contributed by atoms with Crippen LogP contribution in [-0.4, -0.2) is 34.1 Å². The van der Waals surface area contributed by atoms with Crippen molar-refractivity contribution in [2.75, 3.05) is 0 Å². The number of alkyl halides is 2. The predicted octanol–water partition coefficient (Wildman–Crippen LogP) is 5.16. The van der Waals surface area contributed by atoms with Gasteiger partial charge in [-0.1, -0.05) is 0 Å². The van der Waals surface area contributed by atoms with Crippen molar-refractivity contribution in [3.63, 3.8) is 0 Å². The third-order valence-corrected chi connectivity index (χ3v) is 5.97. The topological polar surface area (TPSA) is 61.3 Å². The van der Waals surface area contributed by atoms with Gasteiger partial charge in [-0.05, 0) is 76.5 Å². The van der Waals surface area contributed by atoms with E-state index in [0.717, 1.165) is 17.1 Å². The molecule has 3 heterocycles. The summed E-state index contributed by atoms with van der Waals surface area (Å²) in [6, 6.07) is 3.20. The first-order chi connectivity index (χ1) is 14.0. The van der Waals surface area contributed by atoms with E-state index in [1.54, 1.807) is 19.2 Å². The average Bonchev–Trinajstić information content (AvgIpc) is 2.84. The van der Waals surface area contributed by atoms with Gasteiger partial charge in [0, 0.05) is 51.8 Å². The number of pyridine rings is 2. The van der Waals surface area contributed by atoms with Crippen LogP contribution in [0.1, 0.15) is 68.9 Å². The minimum absolute atomic E-state index is 0.0521. The fourth-order valence-electron chi connectivity index (χ4n) is 2.97. The van der Waals surface area contributed by atoms with Crippen LogP contribution in [0.2, 0.25) is 0 Å². The van der Waals surface area contributed by atoms with Crippen LogP contribution >= 0.6 is 15.9 Å². The van der Waals surface area contributed by atoms with Crippen molar-refractivity contribution in [1.82, 2.24) is 9.97 Å². The van der Waals surface area contributed by atoms with Crippen molar-refractivity contribution < 1.29 is 22.9 Å². The van der Waals surface area contributed by atoms with Gasteiger partial charge in [-0.2, -0.15) is 0 Å². The van der Waals surface area contributed by atoms with Crippen molar-refractivity contribution in [1.29, 1.82) is 0 Å². The largest absolute Gasteiger partial charge is 0.496 e. The molecule has 0 radical (unpaired) electrons. The molecular formula is C22H28BBrF2N2O3. The fourth-order valence-corrected chi connectivity index (χ4v) is 3.30. The quantitative estimate of drug-likeness (QED) is 0.434. The molecule has 1 aliphatic rings. The van der Waals surface area contributed by atoms with Gasteiger partial charge >= 0.3 is 7.12 Å². The molecule has 1 saturated heterocycles. The smallest absolute Gasteiger partial charge is 0.399 e. The van der Waals surface area contributed by atoms with E-state index in [9.17, 15) is 13.6 Å². The molecular weight excluding hydrogens is 469 g/mol. The number of aromatic nitrogens is 2. The average molecular weight is 497 g/mol. The zero-order valence-electron chi connectivity index (χ0n) is 19.1. The zero-order chi connectivity index (χ0) is 23.8. The van der Waals surface area contributed by atoms with Gasteiger partial charge in [-0.3, -0.25) is 14.8 Å². The summed E-state index contributed by atoms with van der Waals surface area (Å²) in [5.41, 5.74) is 1.20. The molecule has 0 aromatic carbocycles. The van der Waals surface area contributed by atoms with Crippen molar-refractivity contribution in [3.05, 3.63) is 51.5 Å². The van der Waals surface area contributed by atoms with Gasteiger partial charge in [0.2, 0.25) is 0 Å². The maximum absolute atomic E-state index is 13.6. The Balaban J connectivity index is 0.000000262. The van der Waals surface area contributed by atoms with Gasteiger partial charge in [-0.15, -0.1) is 0 Å². The van der Waals surface area contributed by atoms with Crippen molar-refractivity contribution in [2.24, 2.45) is 0 Å². The Morgan fingerprint density at radius 3 is 2.00 bits per heavy atom. The summed E-state index contributed by atoms with van der Waals surface area (Å²) in [7, 11) is -0.672. The molecule has 2 aromatic rings. The summed E-state index contributed by atoms with van der Waals surface area (Å²) in [5, 5.41) is 0. The Hall–Kier alpha value is -1.71. The molecule has 5 nitrogen and oxygen atoms in total. The lowest BCUT2D eigenvalue weighted by Crippen LogP contribution is -2.41. The number of carbonyl (C=O) groups is 1. The standard InChI is InChI=1S/C14H20BF2NO2.C8H8BrNO/c1-9-11(14(6,16)17)7-10(8-18-9)15-19-12(2,3)13(4,5)20-15;1-5-8(6(2)11)3-7(9)4-10-5/h7-8H,1-6H3;3-4H,1-2H3. The fraction of sp³-hybridized carbons (Fsp3) is 0.500. The summed E-state index contributed by atoms with van der Waals surface area (Å²) < 4.78 is 39.7. The summed E-state index contributed by atoms with van der Waals surface area (Å²) in [6.45, 7) is 13.5. The maximum Gasteiger partial charge on any atom is 0.496 e. The van der Waals surface area contributed by atoms with E-state index in [-0.39, 0.29) is 11.3 Å². The van der Waals surface area contributed by atoms with E-state index in [4.69, 9.17) is 9.31 Å². The normalized spacial score (nSPS) is 17.2. The van der Waals surface area contributed by atoms with Crippen LogP contribution in [0.15, 0.2) is 29.0 Å². The second-order valence-electron chi connectivity index (χ2n) is 8.72. The Labute approximate surface area is 191 Å². The van der Waals surface area contributed by atoms with Crippen LogP contribution in [-0.2, 0) is 15.2 Å². The van der Waals surface area contributed by atoms with Crippen LogP contribution in [0, 0.1) is 13.8 Å². The highest BCUT2D eigenvalue weighted by Crippen LogP contribution is 2.37. The molecule has 9 heteroatoms. The number of carbonyl (C=O) groups excluding carboxylic acids is 1. The number of hydrogen-bond acceptors (Lipinski definition) is 5. The number of halogens is 3. The number of nitrogens with zero attached hydrogens (tertiary/aromatic N) is 2. The Bertz CT molecular complexity index is 962. The Kier molecular flexibility index (Phi) is 7.45. The minimum atomic E-state index is -2.93. The molecule has 0 aliphatic carbocycles. The molecule has 3 rings (SSSR count). The van der Waals surface area contributed by atoms with Crippen molar-refractivity contribution >= 4 is 34.3 Å². The minimum Gasteiger partial charge on any atom is -0.399 e. The summed E-state index contributed by atoms with van der Waals surface area (Å²) in [4.78, 5) is 19.0. The molecule has 31 heavy (non-hydrogen) atoms. The monoisotopic (exact) mass is 496 g/mol. The highest BCUT2D eigenvalue weighted by atomic mass is 79.9. The lowest BCUT2D eigenvalue weighted by atomic mass is 9.79. The molecule has 0 bridgehead atoms. The first kappa shape index (κ1) is 25.6. The van der Waals surface area contributed by atoms with Gasteiger partial charge in [0.05, 0.1) is 11.2 Å². The van der Waals surface area contributed by atoms with E-state index in [2.05, 4.69) is 25.9 Å². The lowest BCUT2D eigenvalue weighted by molar-refractivity contribution is 0.00578. The lowest BCUT2D eigenvalue weighted by Gasteiger charge is -2.32. The van der Waals surface area contributed by atoms with Gasteiger partial charge in [0.25, 0.3) is 5.92 Å². The van der Waals surface area contributed by atoms with E-state index >= 15 is 0 Å². The predicted molar refractivity (Wildman–Crippen MR) is 121 cm³/mol. The molecule has 0 atom stereocenters. The molecule has 0 saturated carbocycles. The number of aryl methyl sites for hydroxylation is 2. The van der Waals surface area contributed by atoms with Crippen LogP contribution in [0.4, 0.5) is 8.78 Å². The SMILES string of the molecule is CC(=O)c1cc(Br)cnc1C.Cc1ncc(B2OC(C)(C)C(C)(C)O2)cc1C(C)(F)F. The van der Waals surface area contributed by atoms with Crippen molar-refractivity contribution in [2.45, 2.75) is 72.5 Å². The first-order valence-electron chi connectivity index (χ1n) is 9.89. The molecule has 0 spiro atoms. The molecule has 1 fully saturated rings. The molecule has 168 valence electrons. The van der Waals surface area contributed by atoms with Gasteiger partial charge < -0.3 is 9.31 Å². The van der Waals surface area contributed by atoms with Crippen LogP contribution in [0.5, 0.6) is 0 Å². The highest BCUT2D eigenvalue weighted by Gasteiger charge is 2.52. The highest BCUT2D eigenvalue weighted by molar-refractivity contribution is 9.10. The first-order valence-corrected chi connectivity index (χ1v) is 10.7. The zero-order valence-corrected chi connectivity index (χ0v) is 20.7. The van der Waals surface area contributed by atoms with E-state index < -0.39 is 24.2 Å². The third-order valence-electron chi connectivity index (χ3n) is 5.54. The van der Waals surface area contributed by atoms with Gasteiger partial charge in [0.1, 0.15) is 0 Å². The Morgan fingerprint density at radius 2 is 1.55 bits per heavy atom. The summed E-state index contributed by atoms with van der Waals surface area (Å²) in [5.74, 6) is -2.88. The van der Waals surface area contributed by atoms with Crippen LogP contribution in [0.3, 0.4) is 0 Å². The summed E-state index contributed by atoms with van der Waals surface area (Å²) in [6.07, 6.45) is 3.22. The molecule has 0 N–H and O–H groups in total. The molecule has 1 aliphatic heterocycles. The van der Waals surface area contributed by atoms with Gasteiger partial charge in [-0.25, -0.2) is 8.78 Å². The summed E-state index contributed by atoms with van der Waals surface area (Å²) >= 11 is 3.25. The number of rotatable bonds is 3. The maximum atomic E-state index is 13.6. The van der Waals surface area contributed by atoms with Crippen LogP contribution < -0.4 is 5.46 Å². The molecule has 0 amide bonds. The second kappa shape index (κ2) is 9.04. The molecule has 2 aromatic heterocycles.